The average Bonchev–Trinajstić information content (AvgIpc) is 2.57. The molecule has 1 amide bonds. The molecule has 0 bridgehead atoms. The van der Waals surface area contributed by atoms with E-state index in [1.54, 1.807) is 18.2 Å². The number of sulfone groups is 1. The van der Waals surface area contributed by atoms with Gasteiger partial charge in [0.15, 0.2) is 9.84 Å². The molecule has 0 fully saturated rings. The average molecular weight is 369 g/mol. The predicted octanol–water partition coefficient (Wildman–Crippen LogP) is 3.35. The van der Waals surface area contributed by atoms with E-state index in [9.17, 15) is 26.4 Å². The van der Waals surface area contributed by atoms with Gasteiger partial charge in [-0.1, -0.05) is 30.3 Å². The molecule has 8 heteroatoms. The van der Waals surface area contributed by atoms with Crippen molar-refractivity contribution in [3.63, 3.8) is 0 Å². The standard InChI is InChI=1S/C17H14F3NO3S/c18-17(19,20)13-7-3-1-5-11(13)16(22)21-14-9-10-25(23,24)15-8-4-2-6-12(14)15/h1-8,14H,9-10H2,(H,21,22). The Morgan fingerprint density at radius 2 is 1.68 bits per heavy atom. The normalized spacial score (nSPS) is 19.1. The number of nitrogens with one attached hydrogen (secondary N) is 1. The maximum Gasteiger partial charge on any atom is 0.417 e. The Hall–Kier alpha value is -2.35. The smallest absolute Gasteiger partial charge is 0.345 e. The van der Waals surface area contributed by atoms with Crippen LogP contribution in [0, 0.1) is 0 Å². The molecule has 2 aromatic rings. The van der Waals surface area contributed by atoms with Gasteiger partial charge in [0.05, 0.1) is 27.8 Å². The molecule has 1 aliphatic heterocycles. The Morgan fingerprint density at radius 1 is 1.04 bits per heavy atom. The first-order valence-corrected chi connectivity index (χ1v) is 9.14. The zero-order valence-corrected chi connectivity index (χ0v) is 13.7. The summed E-state index contributed by atoms with van der Waals surface area (Å²) in [5.74, 6) is -1.05. The quantitative estimate of drug-likeness (QED) is 0.883. The number of carbonyl (C=O) groups excluding carboxylic acids is 1. The SMILES string of the molecule is O=C(NC1CCS(=O)(=O)c2ccccc21)c1ccccc1C(F)(F)F. The maximum atomic E-state index is 13.1. The monoisotopic (exact) mass is 369 g/mol. The summed E-state index contributed by atoms with van der Waals surface area (Å²) in [6, 6.07) is 10.0. The lowest BCUT2D eigenvalue weighted by molar-refractivity contribution is -0.137. The van der Waals surface area contributed by atoms with E-state index in [1.807, 2.05) is 0 Å². The zero-order chi connectivity index (χ0) is 18.2. The molecule has 0 aliphatic carbocycles. The first-order valence-electron chi connectivity index (χ1n) is 7.49. The first-order chi connectivity index (χ1) is 11.7. The predicted molar refractivity (Wildman–Crippen MR) is 84.8 cm³/mol. The Bertz CT molecular complexity index is 923. The van der Waals surface area contributed by atoms with E-state index in [4.69, 9.17) is 0 Å². The highest BCUT2D eigenvalue weighted by Gasteiger charge is 2.36. The second-order valence-electron chi connectivity index (χ2n) is 5.71. The molecule has 0 spiro atoms. The number of halogens is 3. The minimum atomic E-state index is -4.65. The minimum Gasteiger partial charge on any atom is -0.345 e. The van der Waals surface area contributed by atoms with Gasteiger partial charge >= 0.3 is 6.18 Å². The van der Waals surface area contributed by atoms with Gasteiger partial charge < -0.3 is 5.32 Å². The molecule has 0 aromatic heterocycles. The van der Waals surface area contributed by atoms with Crippen LogP contribution in [0.2, 0.25) is 0 Å². The van der Waals surface area contributed by atoms with E-state index >= 15 is 0 Å². The van der Waals surface area contributed by atoms with Crippen molar-refractivity contribution >= 4 is 15.7 Å². The summed E-state index contributed by atoms with van der Waals surface area (Å²) in [4.78, 5) is 12.5. The van der Waals surface area contributed by atoms with Crippen molar-refractivity contribution in [2.24, 2.45) is 0 Å². The Labute approximate surface area is 142 Å². The highest BCUT2D eigenvalue weighted by atomic mass is 32.2. The van der Waals surface area contributed by atoms with Gasteiger partial charge in [0.25, 0.3) is 5.91 Å². The van der Waals surface area contributed by atoms with Crippen molar-refractivity contribution in [1.82, 2.24) is 5.32 Å². The fourth-order valence-corrected chi connectivity index (χ4v) is 4.53. The van der Waals surface area contributed by atoms with E-state index in [0.29, 0.717) is 5.56 Å². The molecule has 2 aromatic carbocycles. The fraction of sp³-hybridized carbons (Fsp3) is 0.235. The van der Waals surface area contributed by atoms with Crippen LogP contribution in [0.25, 0.3) is 0 Å². The highest BCUT2D eigenvalue weighted by molar-refractivity contribution is 7.91. The number of rotatable bonds is 2. The van der Waals surface area contributed by atoms with E-state index in [1.165, 1.54) is 18.2 Å². The fourth-order valence-electron chi connectivity index (χ4n) is 2.90. The number of hydrogen-bond donors (Lipinski definition) is 1. The molecule has 3 rings (SSSR count). The molecular formula is C17H14F3NO3S. The number of fused-ring (bicyclic) bond motifs is 1. The lowest BCUT2D eigenvalue weighted by Gasteiger charge is -2.26. The topological polar surface area (TPSA) is 63.2 Å². The Morgan fingerprint density at radius 3 is 2.40 bits per heavy atom. The van der Waals surface area contributed by atoms with Crippen molar-refractivity contribution in [1.29, 1.82) is 0 Å². The third-order valence-electron chi connectivity index (χ3n) is 4.09. The molecule has 25 heavy (non-hydrogen) atoms. The summed E-state index contributed by atoms with van der Waals surface area (Å²) < 4.78 is 63.4. The lowest BCUT2D eigenvalue weighted by atomic mass is 10.0. The summed E-state index contributed by atoms with van der Waals surface area (Å²) in [5.41, 5.74) is -1.11. The highest BCUT2D eigenvalue weighted by Crippen LogP contribution is 2.34. The third kappa shape index (κ3) is 3.39. The Kier molecular flexibility index (Phi) is 4.32. The molecular weight excluding hydrogens is 355 g/mol. The second-order valence-corrected chi connectivity index (χ2v) is 7.79. The van der Waals surface area contributed by atoms with Crippen LogP contribution >= 0.6 is 0 Å². The van der Waals surface area contributed by atoms with Crippen LogP contribution in [0.4, 0.5) is 13.2 Å². The molecule has 1 atom stereocenters. The zero-order valence-electron chi connectivity index (χ0n) is 12.9. The Balaban J connectivity index is 1.93. The van der Waals surface area contributed by atoms with Crippen molar-refractivity contribution in [3.8, 4) is 0 Å². The molecule has 1 unspecified atom stereocenters. The van der Waals surface area contributed by atoms with Crippen LogP contribution < -0.4 is 5.32 Å². The summed E-state index contributed by atoms with van der Waals surface area (Å²) in [6.07, 6.45) is -4.54. The molecule has 0 radical (unpaired) electrons. The van der Waals surface area contributed by atoms with Gasteiger partial charge in [0, 0.05) is 0 Å². The van der Waals surface area contributed by atoms with Gasteiger partial charge in [-0.2, -0.15) is 13.2 Å². The summed E-state index contributed by atoms with van der Waals surface area (Å²) >= 11 is 0. The number of benzene rings is 2. The van der Waals surface area contributed by atoms with Gasteiger partial charge in [0.1, 0.15) is 0 Å². The molecule has 0 saturated heterocycles. The van der Waals surface area contributed by atoms with E-state index in [0.717, 1.165) is 12.1 Å². The summed E-state index contributed by atoms with van der Waals surface area (Å²) in [7, 11) is -3.44. The van der Waals surface area contributed by atoms with Crippen LogP contribution in [0.1, 0.15) is 33.9 Å². The van der Waals surface area contributed by atoms with Crippen LogP contribution in [0.15, 0.2) is 53.4 Å². The molecule has 1 N–H and O–H groups in total. The number of carbonyl (C=O) groups is 1. The van der Waals surface area contributed by atoms with Crippen LogP contribution in [0.3, 0.4) is 0 Å². The minimum absolute atomic E-state index is 0.107. The number of alkyl halides is 3. The van der Waals surface area contributed by atoms with Gasteiger partial charge in [-0.15, -0.1) is 0 Å². The number of hydrogen-bond acceptors (Lipinski definition) is 3. The third-order valence-corrected chi connectivity index (χ3v) is 5.90. The summed E-state index contributed by atoms with van der Waals surface area (Å²) in [6.45, 7) is 0. The first kappa shape index (κ1) is 17.5. The lowest BCUT2D eigenvalue weighted by Crippen LogP contribution is -2.34. The van der Waals surface area contributed by atoms with E-state index in [2.05, 4.69) is 5.32 Å². The van der Waals surface area contributed by atoms with E-state index < -0.39 is 39.1 Å². The molecule has 132 valence electrons. The van der Waals surface area contributed by atoms with Gasteiger partial charge in [0.2, 0.25) is 0 Å². The van der Waals surface area contributed by atoms with Gasteiger partial charge in [-0.3, -0.25) is 4.79 Å². The van der Waals surface area contributed by atoms with Gasteiger partial charge in [-0.05, 0) is 30.2 Å². The van der Waals surface area contributed by atoms with E-state index in [-0.39, 0.29) is 17.1 Å². The largest absolute Gasteiger partial charge is 0.417 e. The molecule has 1 heterocycles. The second kappa shape index (κ2) is 6.18. The molecule has 0 saturated carbocycles. The van der Waals surface area contributed by atoms with Crippen molar-refractivity contribution in [2.75, 3.05) is 5.75 Å². The van der Waals surface area contributed by atoms with Crippen molar-refractivity contribution < 1.29 is 26.4 Å². The number of amides is 1. The maximum absolute atomic E-state index is 13.1. The van der Waals surface area contributed by atoms with Gasteiger partial charge in [-0.25, -0.2) is 8.42 Å². The van der Waals surface area contributed by atoms with Crippen LogP contribution in [-0.4, -0.2) is 20.1 Å². The van der Waals surface area contributed by atoms with Crippen molar-refractivity contribution in [3.05, 3.63) is 65.2 Å². The van der Waals surface area contributed by atoms with Crippen LogP contribution in [-0.2, 0) is 16.0 Å². The summed E-state index contributed by atoms with van der Waals surface area (Å²) in [5, 5.41) is 2.54. The molecule has 4 nitrogen and oxygen atoms in total. The molecule has 1 aliphatic rings. The van der Waals surface area contributed by atoms with Crippen LogP contribution in [0.5, 0.6) is 0 Å². The van der Waals surface area contributed by atoms with Crippen molar-refractivity contribution in [2.45, 2.75) is 23.5 Å².